The molecular weight excluding hydrogens is 309 g/mol. The van der Waals surface area contributed by atoms with Gasteiger partial charge in [-0.2, -0.15) is 5.26 Å². The second-order valence-electron chi connectivity index (χ2n) is 6.85. The molecule has 1 aromatic rings. The van der Waals surface area contributed by atoms with Crippen molar-refractivity contribution in [1.29, 1.82) is 5.26 Å². The summed E-state index contributed by atoms with van der Waals surface area (Å²) in [5.74, 6) is -1.28. The van der Waals surface area contributed by atoms with Crippen LogP contribution in [0.25, 0.3) is 0 Å². The van der Waals surface area contributed by atoms with Crippen molar-refractivity contribution < 1.29 is 18.7 Å². The number of nitriles is 1. The zero-order valence-electron chi connectivity index (χ0n) is 13.8. The number of carbonyl (C=O) groups is 1. The molecule has 1 saturated heterocycles. The normalized spacial score (nSPS) is 30.7. The number of hydrogen-bond donors (Lipinski definition) is 0. The summed E-state index contributed by atoms with van der Waals surface area (Å²) >= 11 is 0. The van der Waals surface area contributed by atoms with E-state index in [9.17, 15) is 14.4 Å². The van der Waals surface area contributed by atoms with Crippen LogP contribution >= 0.6 is 0 Å². The fourth-order valence-electron chi connectivity index (χ4n) is 4.17. The number of methoxy groups -OCH3 is 1. The molecule has 1 aliphatic carbocycles. The Labute approximate surface area is 141 Å². The van der Waals surface area contributed by atoms with E-state index in [1.807, 2.05) is 18.2 Å². The van der Waals surface area contributed by atoms with E-state index in [1.54, 1.807) is 0 Å². The van der Waals surface area contributed by atoms with E-state index in [1.165, 1.54) is 19.2 Å². The van der Waals surface area contributed by atoms with Crippen LogP contribution in [0.3, 0.4) is 0 Å². The summed E-state index contributed by atoms with van der Waals surface area (Å²) in [5.41, 5.74) is 0.859. The lowest BCUT2D eigenvalue weighted by Gasteiger charge is -2.38. The molecule has 1 spiro atoms. The van der Waals surface area contributed by atoms with E-state index < -0.39 is 18.0 Å². The molecule has 0 aromatic heterocycles. The second-order valence-corrected chi connectivity index (χ2v) is 6.85. The first kappa shape index (κ1) is 16.9. The molecule has 2 aliphatic rings. The van der Waals surface area contributed by atoms with Gasteiger partial charge in [-0.15, -0.1) is 0 Å². The minimum Gasteiger partial charge on any atom is -0.468 e. The predicted molar refractivity (Wildman–Crippen MR) is 85.6 cm³/mol. The third-order valence-corrected chi connectivity index (χ3v) is 5.40. The van der Waals surface area contributed by atoms with Gasteiger partial charge in [-0.05, 0) is 62.1 Å². The van der Waals surface area contributed by atoms with Crippen LogP contribution in [0.2, 0.25) is 0 Å². The van der Waals surface area contributed by atoms with Gasteiger partial charge in [-0.3, -0.25) is 4.79 Å². The van der Waals surface area contributed by atoms with Gasteiger partial charge in [0.1, 0.15) is 5.82 Å². The number of nitrogens with zero attached hydrogens (tertiary/aromatic N) is 1. The highest BCUT2D eigenvalue weighted by molar-refractivity contribution is 5.75. The Balaban J connectivity index is 1.71. The standard InChI is InChI=1S/C19H22FNO3/c1-23-18(22)16(12-21)17-8-10-19(24-17)9-2-3-14(11-19)13-4-6-15(20)7-5-13/h4-7,14,16-17H,2-3,8-11H2,1H3. The maximum atomic E-state index is 13.1. The maximum absolute atomic E-state index is 13.1. The molecule has 0 radical (unpaired) electrons. The van der Waals surface area contributed by atoms with Gasteiger partial charge in [0.05, 0.1) is 24.9 Å². The summed E-state index contributed by atoms with van der Waals surface area (Å²) in [6, 6.07) is 8.71. The maximum Gasteiger partial charge on any atom is 0.325 e. The summed E-state index contributed by atoms with van der Waals surface area (Å²) in [4.78, 5) is 11.8. The number of hydrogen-bond acceptors (Lipinski definition) is 4. The van der Waals surface area contributed by atoms with Gasteiger partial charge < -0.3 is 9.47 Å². The van der Waals surface area contributed by atoms with Gasteiger partial charge >= 0.3 is 5.97 Å². The fraction of sp³-hybridized carbons (Fsp3) is 0.579. The lowest BCUT2D eigenvalue weighted by molar-refractivity contribution is -0.151. The Kier molecular flexibility index (Phi) is 4.86. The molecule has 0 N–H and O–H groups in total. The molecule has 1 heterocycles. The first-order valence-corrected chi connectivity index (χ1v) is 8.48. The smallest absolute Gasteiger partial charge is 0.325 e. The SMILES string of the molecule is COC(=O)C(C#N)C1CCC2(CCCC(c3ccc(F)cc3)C2)O1. The molecular formula is C19H22FNO3. The van der Waals surface area contributed by atoms with Crippen molar-refractivity contribution in [2.45, 2.75) is 56.1 Å². The summed E-state index contributed by atoms with van der Waals surface area (Å²) in [5, 5.41) is 9.26. The molecule has 5 heteroatoms. The number of esters is 1. The summed E-state index contributed by atoms with van der Waals surface area (Å²) in [6.07, 6.45) is 5.04. The van der Waals surface area contributed by atoms with Gasteiger partial charge in [0, 0.05) is 0 Å². The molecule has 2 fully saturated rings. The van der Waals surface area contributed by atoms with Gasteiger partial charge in [-0.25, -0.2) is 4.39 Å². The van der Waals surface area contributed by atoms with Crippen LogP contribution in [0.4, 0.5) is 4.39 Å². The van der Waals surface area contributed by atoms with Gasteiger partial charge in [-0.1, -0.05) is 12.1 Å². The van der Waals surface area contributed by atoms with E-state index in [-0.39, 0.29) is 11.4 Å². The van der Waals surface area contributed by atoms with Gasteiger partial charge in [0.15, 0.2) is 5.92 Å². The number of halogens is 1. The topological polar surface area (TPSA) is 59.3 Å². The van der Waals surface area contributed by atoms with E-state index in [0.29, 0.717) is 12.3 Å². The molecule has 24 heavy (non-hydrogen) atoms. The fourth-order valence-corrected chi connectivity index (χ4v) is 4.17. The summed E-state index contributed by atoms with van der Waals surface area (Å²) in [6.45, 7) is 0. The molecule has 0 bridgehead atoms. The van der Waals surface area contributed by atoms with E-state index in [2.05, 4.69) is 0 Å². The number of benzene rings is 1. The monoisotopic (exact) mass is 331 g/mol. The third kappa shape index (κ3) is 3.29. The minimum absolute atomic E-state index is 0.226. The molecule has 4 nitrogen and oxygen atoms in total. The van der Waals surface area contributed by atoms with Crippen molar-refractivity contribution >= 4 is 5.97 Å². The average Bonchev–Trinajstić information content (AvgIpc) is 2.99. The van der Waals surface area contributed by atoms with Crippen LogP contribution in [-0.4, -0.2) is 24.8 Å². The Morgan fingerprint density at radius 3 is 2.79 bits per heavy atom. The van der Waals surface area contributed by atoms with Crippen molar-refractivity contribution in [3.8, 4) is 6.07 Å². The van der Waals surface area contributed by atoms with Crippen molar-refractivity contribution in [2.24, 2.45) is 5.92 Å². The van der Waals surface area contributed by atoms with Crippen molar-refractivity contribution in [3.63, 3.8) is 0 Å². The Bertz CT molecular complexity index is 639. The van der Waals surface area contributed by atoms with Crippen molar-refractivity contribution in [3.05, 3.63) is 35.6 Å². The highest BCUT2D eigenvalue weighted by Crippen LogP contribution is 2.48. The number of ether oxygens (including phenoxy) is 2. The largest absolute Gasteiger partial charge is 0.468 e. The highest BCUT2D eigenvalue weighted by atomic mass is 19.1. The number of carbonyl (C=O) groups excluding carboxylic acids is 1. The molecule has 1 aromatic carbocycles. The third-order valence-electron chi connectivity index (χ3n) is 5.40. The zero-order chi connectivity index (χ0) is 17.2. The lowest BCUT2D eigenvalue weighted by Crippen LogP contribution is -2.37. The van der Waals surface area contributed by atoms with Gasteiger partial charge in [0.25, 0.3) is 0 Å². The van der Waals surface area contributed by atoms with Crippen molar-refractivity contribution in [2.75, 3.05) is 7.11 Å². The molecule has 128 valence electrons. The summed E-state index contributed by atoms with van der Waals surface area (Å²) < 4.78 is 24.1. The van der Waals surface area contributed by atoms with E-state index in [0.717, 1.165) is 37.7 Å². The zero-order valence-corrected chi connectivity index (χ0v) is 13.8. The van der Waals surface area contributed by atoms with Crippen LogP contribution < -0.4 is 0 Å². The highest BCUT2D eigenvalue weighted by Gasteiger charge is 2.47. The summed E-state index contributed by atoms with van der Waals surface area (Å²) in [7, 11) is 1.29. The second kappa shape index (κ2) is 6.90. The predicted octanol–water partition coefficient (Wildman–Crippen LogP) is 3.71. The first-order valence-electron chi connectivity index (χ1n) is 8.48. The van der Waals surface area contributed by atoms with Crippen LogP contribution in [0.5, 0.6) is 0 Å². The van der Waals surface area contributed by atoms with E-state index in [4.69, 9.17) is 9.47 Å². The van der Waals surface area contributed by atoms with Crippen LogP contribution in [0.15, 0.2) is 24.3 Å². The number of rotatable bonds is 3. The first-order chi connectivity index (χ1) is 11.6. The Morgan fingerprint density at radius 2 is 2.12 bits per heavy atom. The molecule has 1 aliphatic heterocycles. The lowest BCUT2D eigenvalue weighted by atomic mass is 9.74. The van der Waals surface area contributed by atoms with Crippen molar-refractivity contribution in [1.82, 2.24) is 0 Å². The Hall–Kier alpha value is -1.93. The molecule has 3 rings (SSSR count). The molecule has 4 atom stereocenters. The molecule has 0 amide bonds. The van der Waals surface area contributed by atoms with Crippen LogP contribution in [0.1, 0.15) is 50.0 Å². The average molecular weight is 331 g/mol. The van der Waals surface area contributed by atoms with Gasteiger partial charge in [0.2, 0.25) is 0 Å². The quantitative estimate of drug-likeness (QED) is 0.792. The minimum atomic E-state index is -0.861. The Morgan fingerprint density at radius 1 is 1.38 bits per heavy atom. The molecule has 1 saturated carbocycles. The van der Waals surface area contributed by atoms with Crippen LogP contribution in [0, 0.1) is 23.1 Å². The van der Waals surface area contributed by atoms with Crippen LogP contribution in [-0.2, 0) is 14.3 Å². The molecule has 4 unspecified atom stereocenters. The van der Waals surface area contributed by atoms with E-state index >= 15 is 0 Å².